The zero-order valence-corrected chi connectivity index (χ0v) is 32.4. The molecule has 56 heavy (non-hydrogen) atoms. The Morgan fingerprint density at radius 3 is 1.79 bits per heavy atom. The Labute approximate surface area is 332 Å². The third-order valence-corrected chi connectivity index (χ3v) is 9.59. The van der Waals surface area contributed by atoms with Gasteiger partial charge < -0.3 is 22.1 Å². The quantitative estimate of drug-likeness (QED) is 0.0842. The lowest BCUT2D eigenvalue weighted by atomic mass is 9.93. The van der Waals surface area contributed by atoms with Crippen LogP contribution in [0.25, 0.3) is 33.5 Å². The van der Waals surface area contributed by atoms with Crippen molar-refractivity contribution in [2.24, 2.45) is 11.5 Å². The summed E-state index contributed by atoms with van der Waals surface area (Å²) in [4.78, 5) is 0. The molecule has 0 fully saturated rings. The van der Waals surface area contributed by atoms with Crippen molar-refractivity contribution in [2.45, 2.75) is 26.8 Å². The highest BCUT2D eigenvalue weighted by atomic mass is 14.9. The van der Waals surface area contributed by atoms with E-state index in [1.54, 1.807) is 0 Å². The summed E-state index contributed by atoms with van der Waals surface area (Å²) in [5.41, 5.74) is 28.6. The molecule has 0 heterocycles. The highest BCUT2D eigenvalue weighted by Gasteiger charge is 2.16. The maximum atomic E-state index is 6.90. The van der Waals surface area contributed by atoms with Crippen molar-refractivity contribution >= 4 is 34.0 Å². The van der Waals surface area contributed by atoms with Crippen molar-refractivity contribution in [1.29, 1.82) is 0 Å². The average molecular weight is 731 g/mol. The first-order valence-electron chi connectivity index (χ1n) is 19.0. The second-order valence-corrected chi connectivity index (χ2v) is 13.6. The van der Waals surface area contributed by atoms with Gasteiger partial charge in [0.2, 0.25) is 0 Å². The molecule has 0 radical (unpaired) electrons. The molecule has 1 atom stereocenters. The van der Waals surface area contributed by atoms with Crippen LogP contribution in [0.15, 0.2) is 206 Å². The van der Waals surface area contributed by atoms with Crippen molar-refractivity contribution in [3.8, 4) is 22.3 Å². The Morgan fingerprint density at radius 2 is 1.14 bits per heavy atom. The number of anilines is 4. The summed E-state index contributed by atoms with van der Waals surface area (Å²) in [5, 5.41) is 7.31. The molecule has 6 N–H and O–H groups in total. The van der Waals surface area contributed by atoms with Gasteiger partial charge in [-0.25, -0.2) is 0 Å². The zero-order valence-electron chi connectivity index (χ0n) is 32.4. The first-order valence-corrected chi connectivity index (χ1v) is 19.0. The fourth-order valence-corrected chi connectivity index (χ4v) is 6.48. The third-order valence-electron chi connectivity index (χ3n) is 9.59. The van der Waals surface area contributed by atoms with Crippen LogP contribution < -0.4 is 22.1 Å². The lowest BCUT2D eigenvalue weighted by molar-refractivity contribution is 0.870. The van der Waals surface area contributed by atoms with Gasteiger partial charge in [0, 0.05) is 39.6 Å². The molecule has 0 aliphatic rings. The second kappa shape index (κ2) is 18.9. The van der Waals surface area contributed by atoms with E-state index >= 15 is 0 Å². The molecule has 278 valence electrons. The Bertz CT molecular complexity index is 2400. The van der Waals surface area contributed by atoms with Crippen LogP contribution in [0.5, 0.6) is 0 Å². The maximum absolute atomic E-state index is 6.90. The first-order chi connectivity index (χ1) is 27.3. The lowest BCUT2D eigenvalue weighted by Gasteiger charge is -2.19. The van der Waals surface area contributed by atoms with E-state index in [1.165, 1.54) is 5.56 Å². The van der Waals surface area contributed by atoms with E-state index in [0.29, 0.717) is 5.70 Å². The molecule has 6 rings (SSSR count). The summed E-state index contributed by atoms with van der Waals surface area (Å²) < 4.78 is 0. The number of nitrogens with one attached hydrogen (secondary N) is 2. The molecule has 4 nitrogen and oxygen atoms in total. The van der Waals surface area contributed by atoms with Gasteiger partial charge >= 0.3 is 0 Å². The number of rotatable bonds is 14. The van der Waals surface area contributed by atoms with E-state index in [0.717, 1.165) is 72.8 Å². The summed E-state index contributed by atoms with van der Waals surface area (Å²) in [6, 6.07) is 49.9. The number of hydrogen-bond donors (Lipinski definition) is 4. The van der Waals surface area contributed by atoms with Crippen molar-refractivity contribution in [3.63, 3.8) is 0 Å². The molecule has 4 heteroatoms. The lowest BCUT2D eigenvalue weighted by Crippen LogP contribution is -2.16. The van der Waals surface area contributed by atoms with Gasteiger partial charge in [-0.05, 0) is 108 Å². The Morgan fingerprint density at radius 1 is 0.589 bits per heavy atom. The summed E-state index contributed by atoms with van der Waals surface area (Å²) >= 11 is 0. The van der Waals surface area contributed by atoms with Crippen LogP contribution >= 0.6 is 0 Å². The highest BCUT2D eigenvalue weighted by molar-refractivity contribution is 5.89. The normalized spacial score (nSPS) is 12.7. The fraction of sp³-hybridized carbons (Fsp3) is 0.0769. The average Bonchev–Trinajstić information content (AvgIpc) is 3.24. The number of nitrogens with two attached hydrogens (primary N) is 2. The second-order valence-electron chi connectivity index (χ2n) is 13.6. The van der Waals surface area contributed by atoms with Crippen molar-refractivity contribution in [1.82, 2.24) is 0 Å². The molecule has 6 aromatic rings. The standard InChI is InChI=1S/C52H50N4/c1-5-7-11-17-38(4)47-35-42(27-33-49(47)55-44-29-23-37(3)24-30-44)43-28-34-50(48(36-43)39-18-13-9-14-19-39)56-45-31-25-41(26-32-45)52(54)46(22-12-8-6-2)51(53)40-20-15-10-16-21-40/h5-36,52,55-56H,4,53-54H2,1-3H3/b7-5-,8-6-,17-11-,22-12-,51-46-. The van der Waals surface area contributed by atoms with Gasteiger partial charge in [-0.1, -0.05) is 158 Å². The molecule has 0 spiro atoms. The maximum Gasteiger partial charge on any atom is 0.0572 e. The van der Waals surface area contributed by atoms with Crippen LogP contribution in [0.2, 0.25) is 0 Å². The van der Waals surface area contributed by atoms with Crippen LogP contribution in [0.1, 0.15) is 42.1 Å². The van der Waals surface area contributed by atoms with E-state index in [9.17, 15) is 0 Å². The summed E-state index contributed by atoms with van der Waals surface area (Å²) in [6.07, 6.45) is 16.0. The minimum Gasteiger partial charge on any atom is -0.398 e. The summed E-state index contributed by atoms with van der Waals surface area (Å²) in [7, 11) is 0. The third kappa shape index (κ3) is 9.80. The molecule has 1 unspecified atom stereocenters. The molecule has 0 amide bonds. The Hall–Kier alpha value is -6.88. The van der Waals surface area contributed by atoms with Gasteiger partial charge in [-0.3, -0.25) is 0 Å². The molecule has 0 saturated carbocycles. The minimum atomic E-state index is -0.414. The van der Waals surface area contributed by atoms with Crippen LogP contribution in [0.3, 0.4) is 0 Å². The molecular weight excluding hydrogens is 681 g/mol. The van der Waals surface area contributed by atoms with Crippen molar-refractivity contribution in [3.05, 3.63) is 229 Å². The summed E-state index contributed by atoms with van der Waals surface area (Å²) in [6.45, 7) is 10.5. The smallest absolute Gasteiger partial charge is 0.0572 e. The van der Waals surface area contributed by atoms with Crippen LogP contribution in [0.4, 0.5) is 22.7 Å². The molecule has 0 saturated heterocycles. The molecule has 0 aliphatic heterocycles. The molecule has 0 bridgehead atoms. The van der Waals surface area contributed by atoms with Gasteiger partial charge in [0.25, 0.3) is 0 Å². The molecule has 0 aliphatic carbocycles. The Kier molecular flexibility index (Phi) is 13.1. The Balaban J connectivity index is 1.32. The van der Waals surface area contributed by atoms with Gasteiger partial charge in [-0.15, -0.1) is 0 Å². The fourth-order valence-electron chi connectivity index (χ4n) is 6.48. The zero-order chi connectivity index (χ0) is 39.3. The molecule has 6 aromatic carbocycles. The van der Waals surface area contributed by atoms with Crippen LogP contribution in [-0.4, -0.2) is 0 Å². The predicted octanol–water partition coefficient (Wildman–Crippen LogP) is 13.5. The van der Waals surface area contributed by atoms with E-state index in [-0.39, 0.29) is 0 Å². The monoisotopic (exact) mass is 730 g/mol. The van der Waals surface area contributed by atoms with Gasteiger partial charge in [0.15, 0.2) is 0 Å². The van der Waals surface area contributed by atoms with E-state index in [2.05, 4.69) is 139 Å². The van der Waals surface area contributed by atoms with E-state index < -0.39 is 6.04 Å². The summed E-state index contributed by atoms with van der Waals surface area (Å²) in [5.74, 6) is 0. The molecular formula is C52H50N4. The molecule has 0 aromatic heterocycles. The predicted molar refractivity (Wildman–Crippen MR) is 243 cm³/mol. The topological polar surface area (TPSA) is 76.1 Å². The van der Waals surface area contributed by atoms with Crippen molar-refractivity contribution in [2.75, 3.05) is 10.6 Å². The number of allylic oxidation sites excluding steroid dienone is 8. The van der Waals surface area contributed by atoms with Crippen LogP contribution in [-0.2, 0) is 0 Å². The van der Waals surface area contributed by atoms with Crippen LogP contribution in [0, 0.1) is 6.92 Å². The van der Waals surface area contributed by atoms with E-state index in [4.69, 9.17) is 11.5 Å². The highest BCUT2D eigenvalue weighted by Crippen LogP contribution is 2.38. The largest absolute Gasteiger partial charge is 0.398 e. The van der Waals surface area contributed by atoms with Crippen molar-refractivity contribution < 1.29 is 0 Å². The van der Waals surface area contributed by atoms with Gasteiger partial charge in [0.1, 0.15) is 0 Å². The minimum absolute atomic E-state index is 0.414. The van der Waals surface area contributed by atoms with Gasteiger partial charge in [-0.2, -0.15) is 0 Å². The van der Waals surface area contributed by atoms with E-state index in [1.807, 2.05) is 92.8 Å². The number of hydrogen-bond acceptors (Lipinski definition) is 4. The SMILES string of the molecule is C=C(/C=C\C=C/C)c1cc(-c2ccc(Nc3ccc(C(N)C(/C=C\C=C/C)=C(\N)c4ccccc4)cc3)c(-c3ccccc3)c2)ccc1Nc1ccc(C)cc1. The van der Waals surface area contributed by atoms with Gasteiger partial charge in [0.05, 0.1) is 6.04 Å². The first kappa shape index (κ1) is 38.8. The number of benzene rings is 6. The number of aryl methyl sites for hydroxylation is 1.